The van der Waals surface area contributed by atoms with Gasteiger partial charge in [-0.2, -0.15) is 0 Å². The first-order chi connectivity index (χ1) is 9.15. The zero-order valence-electron chi connectivity index (χ0n) is 11.9. The Kier molecular flexibility index (Phi) is 5.02. The van der Waals surface area contributed by atoms with Gasteiger partial charge in [-0.25, -0.2) is 0 Å². The Balaban J connectivity index is 2.32. The molecule has 2 nitrogen and oxygen atoms in total. The van der Waals surface area contributed by atoms with E-state index in [4.69, 9.17) is 4.74 Å². The van der Waals surface area contributed by atoms with Crippen molar-refractivity contribution in [1.29, 1.82) is 0 Å². The maximum absolute atomic E-state index is 5.31. The van der Waals surface area contributed by atoms with Crippen molar-refractivity contribution < 1.29 is 4.74 Å². The molecule has 19 heavy (non-hydrogen) atoms. The highest BCUT2D eigenvalue weighted by molar-refractivity contribution is 7.13. The highest BCUT2D eigenvalue weighted by Crippen LogP contribution is 2.36. The summed E-state index contributed by atoms with van der Waals surface area (Å²) in [6, 6.07) is 4.71. The van der Waals surface area contributed by atoms with Gasteiger partial charge < -0.3 is 10.1 Å². The molecule has 1 N–H and O–H groups in total. The van der Waals surface area contributed by atoms with Crippen molar-refractivity contribution in [3.05, 3.63) is 37.7 Å². The molecule has 1 unspecified atom stereocenters. The molecule has 2 heterocycles. The van der Waals surface area contributed by atoms with E-state index in [2.05, 4.69) is 43.6 Å². The van der Waals surface area contributed by atoms with Crippen LogP contribution in [-0.4, -0.2) is 13.7 Å². The number of nitrogens with one attached hydrogen (secondary N) is 1. The average Bonchev–Trinajstić information content (AvgIpc) is 2.97. The van der Waals surface area contributed by atoms with Crippen LogP contribution in [0.3, 0.4) is 0 Å². The summed E-state index contributed by atoms with van der Waals surface area (Å²) in [5, 5.41) is 5.73. The molecule has 1 atom stereocenters. The van der Waals surface area contributed by atoms with Gasteiger partial charge in [0.05, 0.1) is 13.2 Å². The molecule has 0 bridgehead atoms. The van der Waals surface area contributed by atoms with Crippen molar-refractivity contribution in [3.63, 3.8) is 0 Å². The van der Waals surface area contributed by atoms with Crippen molar-refractivity contribution in [1.82, 2.24) is 5.32 Å². The third-order valence-corrected chi connectivity index (χ3v) is 5.25. The summed E-state index contributed by atoms with van der Waals surface area (Å²) in [5.41, 5.74) is 1.38. The molecule has 0 radical (unpaired) electrons. The smallest absolute Gasteiger partial charge is 0.129 e. The zero-order valence-corrected chi connectivity index (χ0v) is 13.6. The first-order valence-electron chi connectivity index (χ1n) is 6.58. The van der Waals surface area contributed by atoms with Crippen molar-refractivity contribution in [2.75, 3.05) is 13.7 Å². The zero-order chi connectivity index (χ0) is 13.8. The fourth-order valence-electron chi connectivity index (χ4n) is 2.15. The maximum atomic E-state index is 5.31. The predicted octanol–water partition coefficient (Wildman–Crippen LogP) is 4.52. The fourth-order valence-corrected chi connectivity index (χ4v) is 4.29. The molecule has 0 saturated carbocycles. The Morgan fingerprint density at radius 3 is 2.63 bits per heavy atom. The molecular weight excluding hydrogens is 274 g/mol. The number of thiophene rings is 2. The third kappa shape index (κ3) is 3.38. The molecule has 2 rings (SSSR count). The van der Waals surface area contributed by atoms with Gasteiger partial charge in [0.25, 0.3) is 0 Å². The van der Waals surface area contributed by atoms with E-state index in [1.165, 1.54) is 20.2 Å². The monoisotopic (exact) mass is 295 g/mol. The molecule has 0 saturated heterocycles. The summed E-state index contributed by atoms with van der Waals surface area (Å²) in [7, 11) is 1.72. The van der Waals surface area contributed by atoms with Crippen LogP contribution >= 0.6 is 22.7 Å². The van der Waals surface area contributed by atoms with Gasteiger partial charge in [-0.3, -0.25) is 0 Å². The molecule has 2 aromatic rings. The minimum atomic E-state index is 0.299. The normalized spacial score (nSPS) is 12.6. The number of hydrogen-bond acceptors (Lipinski definition) is 4. The van der Waals surface area contributed by atoms with Crippen LogP contribution in [0.2, 0.25) is 0 Å². The minimum Gasteiger partial charge on any atom is -0.496 e. The van der Waals surface area contributed by atoms with Gasteiger partial charge in [-0.1, -0.05) is 6.92 Å². The summed E-state index contributed by atoms with van der Waals surface area (Å²) >= 11 is 3.65. The third-order valence-electron chi connectivity index (χ3n) is 3.06. The van der Waals surface area contributed by atoms with E-state index in [-0.39, 0.29) is 0 Å². The summed E-state index contributed by atoms with van der Waals surface area (Å²) in [6.07, 6.45) is 1.14. The molecule has 0 aliphatic rings. The molecule has 104 valence electrons. The number of methoxy groups -OCH3 is 1. The molecule has 0 fully saturated rings. The lowest BCUT2D eigenvalue weighted by Crippen LogP contribution is -2.22. The molecule has 0 spiro atoms. The Bertz CT molecular complexity index is 530. The topological polar surface area (TPSA) is 21.3 Å². The fraction of sp³-hybridized carbons (Fsp3) is 0.467. The van der Waals surface area contributed by atoms with E-state index in [1.54, 1.807) is 18.4 Å². The minimum absolute atomic E-state index is 0.299. The molecule has 0 aliphatic heterocycles. The first-order valence-corrected chi connectivity index (χ1v) is 8.28. The van der Waals surface area contributed by atoms with Crippen LogP contribution in [0.4, 0.5) is 0 Å². The number of ether oxygens (including phenoxy) is 1. The van der Waals surface area contributed by atoms with Crippen molar-refractivity contribution in [3.8, 4) is 5.75 Å². The van der Waals surface area contributed by atoms with Crippen molar-refractivity contribution >= 4 is 22.7 Å². The molecule has 0 aromatic carbocycles. The number of aryl methyl sites for hydroxylation is 2. The van der Waals surface area contributed by atoms with Crippen LogP contribution in [0.15, 0.2) is 17.5 Å². The molecular formula is C15H21NOS2. The van der Waals surface area contributed by atoms with E-state index in [9.17, 15) is 0 Å². The molecule has 0 amide bonds. The lowest BCUT2D eigenvalue weighted by molar-refractivity contribution is 0.416. The second-order valence-corrected chi connectivity index (χ2v) is 6.91. The lowest BCUT2D eigenvalue weighted by Gasteiger charge is -2.16. The van der Waals surface area contributed by atoms with Crippen LogP contribution in [0, 0.1) is 13.8 Å². The number of rotatable bonds is 6. The van der Waals surface area contributed by atoms with Crippen molar-refractivity contribution in [2.45, 2.75) is 33.2 Å². The van der Waals surface area contributed by atoms with Crippen LogP contribution in [0.25, 0.3) is 0 Å². The van der Waals surface area contributed by atoms with Gasteiger partial charge in [0.15, 0.2) is 0 Å². The second-order valence-electron chi connectivity index (χ2n) is 4.68. The average molecular weight is 295 g/mol. The first kappa shape index (κ1) is 14.6. The second kappa shape index (κ2) is 6.55. The van der Waals surface area contributed by atoms with Gasteiger partial charge in [0, 0.05) is 20.0 Å². The Morgan fingerprint density at radius 1 is 1.32 bits per heavy atom. The Hall–Kier alpha value is -0.840. The van der Waals surface area contributed by atoms with Gasteiger partial charge in [-0.15, -0.1) is 22.7 Å². The Morgan fingerprint density at radius 2 is 2.11 bits per heavy atom. The van der Waals surface area contributed by atoms with Crippen LogP contribution in [0.1, 0.15) is 39.6 Å². The van der Waals surface area contributed by atoms with E-state index in [0.29, 0.717) is 6.04 Å². The largest absolute Gasteiger partial charge is 0.496 e. The van der Waals surface area contributed by atoms with Crippen LogP contribution < -0.4 is 10.1 Å². The van der Waals surface area contributed by atoms with Gasteiger partial charge in [0.2, 0.25) is 0 Å². The molecule has 4 heteroatoms. The van der Waals surface area contributed by atoms with Gasteiger partial charge in [-0.05, 0) is 44.5 Å². The molecule has 2 aromatic heterocycles. The summed E-state index contributed by atoms with van der Waals surface area (Å²) in [5.74, 6) is 0.953. The van der Waals surface area contributed by atoms with Crippen molar-refractivity contribution in [2.24, 2.45) is 0 Å². The van der Waals surface area contributed by atoms with E-state index < -0.39 is 0 Å². The highest BCUT2D eigenvalue weighted by Gasteiger charge is 2.19. The van der Waals surface area contributed by atoms with E-state index in [1.807, 2.05) is 11.3 Å². The Labute approximate surface area is 123 Å². The lowest BCUT2D eigenvalue weighted by atomic mass is 10.1. The predicted molar refractivity (Wildman–Crippen MR) is 84.8 cm³/mol. The maximum Gasteiger partial charge on any atom is 0.129 e. The van der Waals surface area contributed by atoms with Gasteiger partial charge in [0.1, 0.15) is 5.75 Å². The highest BCUT2D eigenvalue weighted by atomic mass is 32.1. The standard InChI is InChI=1S/C15H21NOS2/c1-5-6-16-14(13-8-12(17-4)9-18-13)15-10(2)7-11(3)19-15/h7-9,14,16H,5-6H2,1-4H3. The van der Waals surface area contributed by atoms with Gasteiger partial charge >= 0.3 is 0 Å². The quantitative estimate of drug-likeness (QED) is 0.845. The SMILES string of the molecule is CCCNC(c1cc(OC)cs1)c1sc(C)cc1C. The summed E-state index contributed by atoms with van der Waals surface area (Å²) in [4.78, 5) is 4.13. The summed E-state index contributed by atoms with van der Waals surface area (Å²) in [6.45, 7) is 7.60. The summed E-state index contributed by atoms with van der Waals surface area (Å²) < 4.78 is 5.31. The van der Waals surface area contributed by atoms with E-state index in [0.717, 1.165) is 18.7 Å². The molecule has 0 aliphatic carbocycles. The number of hydrogen-bond donors (Lipinski definition) is 1. The van der Waals surface area contributed by atoms with Crippen LogP contribution in [0.5, 0.6) is 5.75 Å². The van der Waals surface area contributed by atoms with E-state index >= 15 is 0 Å². The van der Waals surface area contributed by atoms with Crippen LogP contribution in [-0.2, 0) is 0 Å².